The molecule has 0 aromatic heterocycles. The number of fused-ring (bicyclic) bond motifs is 1. The maximum absolute atomic E-state index is 14.4. The van der Waals surface area contributed by atoms with Gasteiger partial charge in [0.1, 0.15) is 11.4 Å². The highest BCUT2D eigenvalue weighted by molar-refractivity contribution is 6.35. The summed E-state index contributed by atoms with van der Waals surface area (Å²) in [5.41, 5.74) is -0.479. The van der Waals surface area contributed by atoms with Crippen LogP contribution in [0.2, 0.25) is 10.0 Å². The number of aliphatic hydroxyl groups is 1. The summed E-state index contributed by atoms with van der Waals surface area (Å²) in [7, 11) is 0. The van der Waals surface area contributed by atoms with Crippen LogP contribution < -0.4 is 19.5 Å². The molecule has 0 aliphatic carbocycles. The Labute approximate surface area is 277 Å². The predicted octanol–water partition coefficient (Wildman–Crippen LogP) is 6.18. The van der Waals surface area contributed by atoms with E-state index in [-0.39, 0.29) is 43.7 Å². The topological polar surface area (TPSA) is 125 Å². The normalized spacial score (nSPS) is 18.5. The highest BCUT2D eigenvalue weighted by atomic mass is 35.5. The molecule has 2 N–H and O–H groups in total. The molecule has 3 aromatic carbocycles. The molecule has 0 fully saturated rings. The van der Waals surface area contributed by atoms with Crippen LogP contribution in [-0.2, 0) is 25.6 Å². The van der Waals surface area contributed by atoms with Gasteiger partial charge in [-0.3, -0.25) is 9.59 Å². The van der Waals surface area contributed by atoms with Gasteiger partial charge in [0.15, 0.2) is 23.1 Å². The van der Waals surface area contributed by atoms with Crippen LogP contribution in [0.15, 0.2) is 65.7 Å². The van der Waals surface area contributed by atoms with Crippen molar-refractivity contribution in [3.63, 3.8) is 0 Å². The van der Waals surface area contributed by atoms with E-state index in [0.29, 0.717) is 46.4 Å². The van der Waals surface area contributed by atoms with E-state index in [1.54, 1.807) is 75.4 Å². The molecule has 10 nitrogen and oxygen atoms in total. The number of nitrogens with one attached hydrogen (secondary N) is 1. The van der Waals surface area contributed by atoms with Gasteiger partial charge in [0.25, 0.3) is 5.91 Å². The number of aliphatic hydroxyl groups excluding tert-OH is 1. The van der Waals surface area contributed by atoms with Gasteiger partial charge in [-0.05, 0) is 81.3 Å². The predicted molar refractivity (Wildman–Crippen MR) is 173 cm³/mol. The third kappa shape index (κ3) is 7.86. The van der Waals surface area contributed by atoms with Gasteiger partial charge in [0.05, 0.1) is 6.61 Å². The van der Waals surface area contributed by atoms with E-state index >= 15 is 0 Å². The molecule has 1 amide bonds. The summed E-state index contributed by atoms with van der Waals surface area (Å²) in [6.07, 6.45) is -0.659. The average molecular weight is 672 g/mol. The number of carbonyl (C=O) groups excluding carboxylic acids is 2. The first-order valence-electron chi connectivity index (χ1n) is 14.9. The molecule has 46 heavy (non-hydrogen) atoms. The Morgan fingerprint density at radius 2 is 1.80 bits per heavy atom. The maximum Gasteiger partial charge on any atom is 0.306 e. The number of amides is 1. The van der Waals surface area contributed by atoms with Crippen LogP contribution in [0.1, 0.15) is 62.8 Å². The third-order valence-electron chi connectivity index (χ3n) is 7.30. The van der Waals surface area contributed by atoms with Gasteiger partial charge in [0, 0.05) is 47.2 Å². The lowest BCUT2D eigenvalue weighted by Crippen LogP contribution is -2.48. The van der Waals surface area contributed by atoms with E-state index in [0.717, 1.165) is 5.56 Å². The van der Waals surface area contributed by atoms with E-state index in [2.05, 4.69) is 5.32 Å². The Bertz CT molecular complexity index is 1610. The fourth-order valence-corrected chi connectivity index (χ4v) is 5.64. The van der Waals surface area contributed by atoms with Crippen molar-refractivity contribution < 1.29 is 38.4 Å². The zero-order chi connectivity index (χ0) is 32.9. The van der Waals surface area contributed by atoms with Crippen LogP contribution in [0.3, 0.4) is 0 Å². The third-order valence-corrected chi connectivity index (χ3v) is 7.86. The number of hydrogen-bond donors (Lipinski definition) is 2. The molecule has 0 unspecified atom stereocenters. The molecule has 244 valence electrons. The summed E-state index contributed by atoms with van der Waals surface area (Å²) in [6, 6.07) is 17.4. The molecule has 12 heteroatoms. The lowest BCUT2D eigenvalue weighted by molar-refractivity contribution is -0.155. The molecule has 2 atom stereocenters. The highest BCUT2D eigenvalue weighted by Gasteiger charge is 2.54. The van der Waals surface area contributed by atoms with Gasteiger partial charge in [-0.2, -0.15) is 0 Å². The summed E-state index contributed by atoms with van der Waals surface area (Å²) < 4.78 is 28.6. The second kappa shape index (κ2) is 14.2. The summed E-state index contributed by atoms with van der Waals surface area (Å²) in [5.74, 6) is 1.06. The minimum atomic E-state index is -1.61. The second-order valence-corrected chi connectivity index (χ2v) is 12.8. The van der Waals surface area contributed by atoms with Crippen molar-refractivity contribution in [3.8, 4) is 17.2 Å². The summed E-state index contributed by atoms with van der Waals surface area (Å²) >= 11 is 12.9. The van der Waals surface area contributed by atoms with Crippen molar-refractivity contribution in [2.45, 2.75) is 63.8 Å². The Balaban J connectivity index is 1.51. The van der Waals surface area contributed by atoms with E-state index < -0.39 is 29.1 Å². The van der Waals surface area contributed by atoms with Crippen LogP contribution in [0.5, 0.6) is 17.2 Å². The first-order valence-corrected chi connectivity index (χ1v) is 15.7. The monoisotopic (exact) mass is 670 g/mol. The molecule has 0 saturated carbocycles. The molecule has 3 aromatic rings. The van der Waals surface area contributed by atoms with Gasteiger partial charge in [-0.15, -0.1) is 0 Å². The van der Waals surface area contributed by atoms with Crippen molar-refractivity contribution in [3.05, 3.63) is 87.4 Å². The minimum absolute atomic E-state index is 0.0273. The summed E-state index contributed by atoms with van der Waals surface area (Å²) in [6.45, 7) is 6.01. The van der Waals surface area contributed by atoms with Crippen LogP contribution in [-0.4, -0.2) is 54.0 Å². The average Bonchev–Trinajstić information content (AvgIpc) is 3.64. The van der Waals surface area contributed by atoms with E-state index in [9.17, 15) is 9.59 Å². The van der Waals surface area contributed by atoms with Crippen molar-refractivity contribution in [1.29, 1.82) is 0 Å². The molecule has 0 spiro atoms. The van der Waals surface area contributed by atoms with E-state index in [1.807, 2.05) is 6.07 Å². The van der Waals surface area contributed by atoms with Gasteiger partial charge in [0.2, 0.25) is 12.7 Å². The largest absolute Gasteiger partial charge is 0.494 e. The van der Waals surface area contributed by atoms with Crippen LogP contribution in [0, 0.1) is 0 Å². The molecule has 2 aliphatic heterocycles. The molecular formula is C34H36Cl2N2O8. The summed E-state index contributed by atoms with van der Waals surface area (Å²) in [5, 5.41) is 12.8. The zero-order valence-corrected chi connectivity index (χ0v) is 27.3. The van der Waals surface area contributed by atoms with Crippen LogP contribution in [0.25, 0.3) is 0 Å². The Morgan fingerprint density at radius 1 is 1.04 bits per heavy atom. The molecule has 0 radical (unpaired) electrons. The molecule has 2 aliphatic rings. The fraction of sp³-hybridized carbons (Fsp3) is 0.382. The van der Waals surface area contributed by atoms with Gasteiger partial charge >= 0.3 is 5.97 Å². The first-order chi connectivity index (χ1) is 22.0. The van der Waals surface area contributed by atoms with Crippen molar-refractivity contribution in [2.24, 2.45) is 4.99 Å². The summed E-state index contributed by atoms with van der Waals surface area (Å²) in [4.78, 5) is 32.3. The van der Waals surface area contributed by atoms with Gasteiger partial charge < -0.3 is 34.1 Å². The van der Waals surface area contributed by atoms with Crippen molar-refractivity contribution in [1.82, 2.24) is 5.32 Å². The number of ether oxygens (including phenoxy) is 5. The second-order valence-electron chi connectivity index (χ2n) is 11.9. The smallest absolute Gasteiger partial charge is 0.306 e. The number of rotatable bonds is 12. The zero-order valence-electron chi connectivity index (χ0n) is 25.8. The molecule has 2 heterocycles. The van der Waals surface area contributed by atoms with Gasteiger partial charge in [-0.25, -0.2) is 4.99 Å². The van der Waals surface area contributed by atoms with Crippen LogP contribution in [0.4, 0.5) is 0 Å². The number of benzene rings is 3. The number of carbonyl (C=O) groups is 2. The first kappa shape index (κ1) is 33.4. The quantitative estimate of drug-likeness (QED) is 0.173. The van der Waals surface area contributed by atoms with Crippen molar-refractivity contribution >= 4 is 41.0 Å². The molecular weight excluding hydrogens is 635 g/mol. The lowest BCUT2D eigenvalue weighted by Gasteiger charge is -2.31. The Hall–Kier alpha value is -3.99. The molecule has 5 rings (SSSR count). The van der Waals surface area contributed by atoms with Crippen molar-refractivity contribution in [2.75, 3.05) is 20.0 Å². The maximum atomic E-state index is 14.4. The molecule has 0 saturated heterocycles. The lowest BCUT2D eigenvalue weighted by atomic mass is 9.83. The van der Waals surface area contributed by atoms with E-state index in [1.165, 1.54) is 0 Å². The van der Waals surface area contributed by atoms with E-state index in [4.69, 9.17) is 57.0 Å². The number of hydrogen-bond acceptors (Lipinski definition) is 9. The number of nitrogens with zero attached hydrogens (tertiary/aromatic N) is 1. The standard InChI is InChI=1S/C34H36Cl2N2O8/c1-33(2,3)46-29(40)13-14-34(32(41)37-19-21-5-12-27-28(17-21)44-20-43-27)30(25-11-8-23(35)18-26(25)36)45-31(38-34)22-6-9-24(10-7-22)42-16-4-15-39/h5-12,17-18,30,39H,4,13-16,19-20H2,1-3H3,(H,37,41)/t30-,34-/m1/s1. The minimum Gasteiger partial charge on any atom is -0.494 e. The Kier molecular flexibility index (Phi) is 10.3. The van der Waals surface area contributed by atoms with Crippen LogP contribution >= 0.6 is 23.2 Å². The Morgan fingerprint density at radius 3 is 2.52 bits per heavy atom. The fourth-order valence-electron chi connectivity index (χ4n) is 5.13. The number of esters is 1. The highest BCUT2D eigenvalue weighted by Crippen LogP contribution is 2.46. The SMILES string of the molecule is CC(C)(C)OC(=O)CC[C@@]1(C(=O)NCc2ccc3c(c2)OCO3)N=C(c2ccc(OCCCO)cc2)O[C@@H]1c1ccc(Cl)cc1Cl. The van der Waals surface area contributed by atoms with Gasteiger partial charge in [-0.1, -0.05) is 35.3 Å². The number of halogens is 2. The number of aliphatic imine (C=N–C) groups is 1. The molecule has 0 bridgehead atoms.